The molecule has 3 rings (SSSR count). The molecule has 0 aliphatic carbocycles. The Morgan fingerprint density at radius 1 is 1.28 bits per heavy atom. The van der Waals surface area contributed by atoms with E-state index in [0.29, 0.717) is 17.8 Å². The number of carbonyl (C=O) groups excluding carboxylic acids is 2. The highest BCUT2D eigenvalue weighted by molar-refractivity contribution is 7.12. The van der Waals surface area contributed by atoms with Gasteiger partial charge in [-0.3, -0.25) is 9.59 Å². The number of nitrogens with one attached hydrogen (secondary N) is 2. The van der Waals surface area contributed by atoms with E-state index in [1.54, 1.807) is 13.2 Å². The van der Waals surface area contributed by atoms with Crippen molar-refractivity contribution in [1.82, 2.24) is 10.3 Å². The van der Waals surface area contributed by atoms with Crippen molar-refractivity contribution in [2.45, 2.75) is 19.8 Å². The van der Waals surface area contributed by atoms with Gasteiger partial charge < -0.3 is 15.0 Å². The van der Waals surface area contributed by atoms with Crippen LogP contribution in [0.5, 0.6) is 5.75 Å². The predicted molar refractivity (Wildman–Crippen MR) is 99.6 cm³/mol. The highest BCUT2D eigenvalue weighted by Gasteiger charge is 2.09. The fourth-order valence-electron chi connectivity index (χ4n) is 2.73. The normalized spacial score (nSPS) is 10.8. The minimum atomic E-state index is -0.0367. The molecule has 1 aromatic carbocycles. The van der Waals surface area contributed by atoms with E-state index in [0.717, 1.165) is 34.2 Å². The Balaban J connectivity index is 1.55. The molecule has 0 saturated carbocycles. The molecule has 0 saturated heterocycles. The number of ketones is 1. The smallest absolute Gasteiger partial charge is 0.224 e. The molecular weight excluding hydrogens is 336 g/mol. The van der Waals surface area contributed by atoms with Crippen LogP contribution in [0.25, 0.3) is 10.9 Å². The van der Waals surface area contributed by atoms with Gasteiger partial charge in [0, 0.05) is 23.6 Å². The number of H-pyrrole nitrogens is 1. The first-order valence-electron chi connectivity index (χ1n) is 8.06. The van der Waals surface area contributed by atoms with Crippen molar-refractivity contribution in [1.29, 1.82) is 0 Å². The fraction of sp³-hybridized carbons (Fsp3) is 0.263. The molecule has 0 unspecified atom stereocenters. The summed E-state index contributed by atoms with van der Waals surface area (Å²) in [6.45, 7) is 2.10. The van der Waals surface area contributed by atoms with Crippen LogP contribution in [0.1, 0.15) is 27.7 Å². The molecule has 2 heterocycles. The van der Waals surface area contributed by atoms with Crippen LogP contribution in [0.4, 0.5) is 0 Å². The maximum absolute atomic E-state index is 12.1. The van der Waals surface area contributed by atoms with Crippen molar-refractivity contribution >= 4 is 33.9 Å². The Morgan fingerprint density at radius 2 is 2.12 bits per heavy atom. The Labute approximate surface area is 150 Å². The zero-order chi connectivity index (χ0) is 17.8. The molecule has 130 valence electrons. The summed E-state index contributed by atoms with van der Waals surface area (Å²) in [5.41, 5.74) is 3.07. The van der Waals surface area contributed by atoms with Gasteiger partial charge >= 0.3 is 0 Å². The fourth-order valence-corrected chi connectivity index (χ4v) is 3.54. The summed E-state index contributed by atoms with van der Waals surface area (Å²) in [5, 5.41) is 5.91. The Morgan fingerprint density at radius 3 is 2.84 bits per heavy atom. The SMILES string of the molecule is COc1ccc2[nH]cc(CCNC(=O)Cc3csc(C(C)=O)c3)c2c1. The zero-order valence-corrected chi connectivity index (χ0v) is 15.0. The van der Waals surface area contributed by atoms with Crippen molar-refractivity contribution < 1.29 is 14.3 Å². The lowest BCUT2D eigenvalue weighted by molar-refractivity contribution is -0.120. The molecule has 0 fully saturated rings. The second kappa shape index (κ2) is 7.53. The molecule has 0 bridgehead atoms. The average Bonchev–Trinajstić information content (AvgIpc) is 3.21. The van der Waals surface area contributed by atoms with Gasteiger partial charge in [-0.15, -0.1) is 11.3 Å². The first-order valence-corrected chi connectivity index (χ1v) is 8.94. The maximum atomic E-state index is 12.1. The number of aromatic nitrogens is 1. The number of hydrogen-bond donors (Lipinski definition) is 2. The molecule has 0 radical (unpaired) electrons. The van der Waals surface area contributed by atoms with E-state index < -0.39 is 0 Å². The van der Waals surface area contributed by atoms with Gasteiger partial charge in [0.1, 0.15) is 5.75 Å². The van der Waals surface area contributed by atoms with E-state index in [9.17, 15) is 9.59 Å². The highest BCUT2D eigenvalue weighted by Crippen LogP contribution is 2.23. The number of benzene rings is 1. The number of fused-ring (bicyclic) bond motifs is 1. The number of carbonyl (C=O) groups is 2. The van der Waals surface area contributed by atoms with E-state index >= 15 is 0 Å². The van der Waals surface area contributed by atoms with Crippen molar-refractivity contribution in [3.63, 3.8) is 0 Å². The molecule has 2 N–H and O–H groups in total. The first-order chi connectivity index (χ1) is 12.1. The molecule has 25 heavy (non-hydrogen) atoms. The summed E-state index contributed by atoms with van der Waals surface area (Å²) in [5.74, 6) is 0.813. The van der Waals surface area contributed by atoms with Gasteiger partial charge in [-0.05, 0) is 54.1 Å². The average molecular weight is 356 g/mol. The van der Waals surface area contributed by atoms with Gasteiger partial charge in [-0.1, -0.05) is 0 Å². The summed E-state index contributed by atoms with van der Waals surface area (Å²) in [4.78, 5) is 27.3. The number of thiophene rings is 1. The maximum Gasteiger partial charge on any atom is 0.224 e. The van der Waals surface area contributed by atoms with E-state index in [2.05, 4.69) is 10.3 Å². The van der Waals surface area contributed by atoms with E-state index in [1.165, 1.54) is 18.3 Å². The van der Waals surface area contributed by atoms with Gasteiger partial charge in [0.25, 0.3) is 0 Å². The van der Waals surface area contributed by atoms with Crippen LogP contribution in [0.2, 0.25) is 0 Å². The third-order valence-electron chi connectivity index (χ3n) is 4.06. The standard InChI is InChI=1S/C19H20N2O3S/c1-12(22)18-7-13(11-25-18)8-19(23)20-6-5-14-10-21-17-4-3-15(24-2)9-16(14)17/h3-4,7,9-11,21H,5-6,8H2,1-2H3,(H,20,23). The number of methoxy groups -OCH3 is 1. The first kappa shape index (κ1) is 17.2. The van der Waals surface area contributed by atoms with E-state index in [1.807, 2.05) is 29.8 Å². The molecule has 0 atom stereocenters. The van der Waals surface area contributed by atoms with Crippen molar-refractivity contribution in [3.8, 4) is 5.75 Å². The highest BCUT2D eigenvalue weighted by atomic mass is 32.1. The number of amides is 1. The second-order valence-corrected chi connectivity index (χ2v) is 6.79. The minimum Gasteiger partial charge on any atom is -0.497 e. The molecule has 6 heteroatoms. The lowest BCUT2D eigenvalue weighted by Gasteiger charge is -2.05. The van der Waals surface area contributed by atoms with Gasteiger partial charge in [0.2, 0.25) is 5.91 Å². The molecule has 2 aromatic heterocycles. The number of ether oxygens (including phenoxy) is 1. The largest absolute Gasteiger partial charge is 0.497 e. The van der Waals surface area contributed by atoms with Crippen LogP contribution in [0.15, 0.2) is 35.8 Å². The number of rotatable bonds is 7. The van der Waals surface area contributed by atoms with Crippen LogP contribution in [-0.4, -0.2) is 30.3 Å². The van der Waals surface area contributed by atoms with Crippen molar-refractivity contribution in [3.05, 3.63) is 51.8 Å². The molecular formula is C19H20N2O3S. The van der Waals surface area contributed by atoms with Crippen LogP contribution in [-0.2, 0) is 17.6 Å². The summed E-state index contributed by atoms with van der Waals surface area (Å²) in [6.07, 6.45) is 3.00. The molecule has 1 amide bonds. The topological polar surface area (TPSA) is 71.2 Å². The molecule has 0 aliphatic heterocycles. The molecule has 5 nitrogen and oxygen atoms in total. The number of Topliss-reactive ketones (excluding diaryl/α,β-unsaturated/α-hetero) is 1. The quantitative estimate of drug-likeness (QED) is 0.638. The van der Waals surface area contributed by atoms with Crippen molar-refractivity contribution in [2.75, 3.05) is 13.7 Å². The summed E-state index contributed by atoms with van der Waals surface area (Å²) in [6, 6.07) is 7.69. The number of hydrogen-bond acceptors (Lipinski definition) is 4. The van der Waals surface area contributed by atoms with Crippen LogP contribution in [0.3, 0.4) is 0 Å². The van der Waals surface area contributed by atoms with Crippen LogP contribution < -0.4 is 10.1 Å². The van der Waals surface area contributed by atoms with Crippen LogP contribution in [0, 0.1) is 0 Å². The zero-order valence-electron chi connectivity index (χ0n) is 14.2. The summed E-state index contributed by atoms with van der Waals surface area (Å²) >= 11 is 1.38. The number of aromatic amines is 1. The summed E-state index contributed by atoms with van der Waals surface area (Å²) in [7, 11) is 1.65. The van der Waals surface area contributed by atoms with Crippen molar-refractivity contribution in [2.24, 2.45) is 0 Å². The molecule has 0 spiro atoms. The Hall–Kier alpha value is -2.60. The van der Waals surface area contributed by atoms with Gasteiger partial charge in [-0.2, -0.15) is 0 Å². The van der Waals surface area contributed by atoms with Gasteiger partial charge in [-0.25, -0.2) is 0 Å². The second-order valence-electron chi connectivity index (χ2n) is 5.88. The molecule has 3 aromatic rings. The third kappa shape index (κ3) is 4.09. The van der Waals surface area contributed by atoms with E-state index in [4.69, 9.17) is 4.74 Å². The Bertz CT molecular complexity index is 910. The van der Waals surface area contributed by atoms with E-state index in [-0.39, 0.29) is 11.7 Å². The summed E-state index contributed by atoms with van der Waals surface area (Å²) < 4.78 is 5.27. The lowest BCUT2D eigenvalue weighted by atomic mass is 10.1. The predicted octanol–water partition coefficient (Wildman–Crippen LogP) is 3.34. The lowest BCUT2D eigenvalue weighted by Crippen LogP contribution is -2.27. The van der Waals surface area contributed by atoms with Gasteiger partial charge in [0.05, 0.1) is 18.4 Å². The monoisotopic (exact) mass is 356 g/mol. The van der Waals surface area contributed by atoms with Crippen LogP contribution >= 0.6 is 11.3 Å². The molecule has 0 aliphatic rings. The Kier molecular flexibility index (Phi) is 5.19. The third-order valence-corrected chi connectivity index (χ3v) is 5.14. The minimum absolute atomic E-state index is 0.0337. The van der Waals surface area contributed by atoms with Gasteiger partial charge in [0.15, 0.2) is 5.78 Å².